The molecule has 0 fully saturated rings. The first-order chi connectivity index (χ1) is 15.8. The molecule has 174 valence electrons. The monoisotopic (exact) mass is 491 g/mol. The smallest absolute Gasteiger partial charge is 0.242 e. The van der Waals surface area contributed by atoms with E-state index in [-0.39, 0.29) is 23.8 Å². The second-order valence-electron chi connectivity index (χ2n) is 7.33. The van der Waals surface area contributed by atoms with E-state index in [0.29, 0.717) is 42.0 Å². The second kappa shape index (κ2) is 9.86. The van der Waals surface area contributed by atoms with Crippen LogP contribution in [0.15, 0.2) is 52.7 Å². The Morgan fingerprint density at radius 3 is 2.64 bits per heavy atom. The first-order valence-corrected chi connectivity index (χ1v) is 12.5. The van der Waals surface area contributed by atoms with Crippen LogP contribution in [-0.4, -0.2) is 50.4 Å². The van der Waals surface area contributed by atoms with Gasteiger partial charge in [0.2, 0.25) is 15.9 Å². The number of fused-ring (bicyclic) bond motifs is 1. The maximum atomic E-state index is 13.0. The second-order valence-corrected chi connectivity index (χ2v) is 10.2. The molecule has 2 aromatic carbocycles. The van der Waals surface area contributed by atoms with Crippen molar-refractivity contribution in [2.75, 3.05) is 32.1 Å². The van der Waals surface area contributed by atoms with E-state index in [1.54, 1.807) is 0 Å². The van der Waals surface area contributed by atoms with E-state index in [1.165, 1.54) is 30.5 Å². The van der Waals surface area contributed by atoms with Crippen molar-refractivity contribution in [1.29, 1.82) is 0 Å². The average Bonchev–Trinajstić information content (AvgIpc) is 3.27. The Balaban J connectivity index is 1.29. The normalized spacial score (nSPS) is 13.2. The quantitative estimate of drug-likeness (QED) is 0.515. The minimum absolute atomic E-state index is 0.00491. The van der Waals surface area contributed by atoms with Gasteiger partial charge in [0.1, 0.15) is 19.0 Å². The first-order valence-electron chi connectivity index (χ1n) is 10.2. The molecule has 0 bridgehead atoms. The molecule has 2 heterocycles. The van der Waals surface area contributed by atoms with Gasteiger partial charge < -0.3 is 14.8 Å². The van der Waals surface area contributed by atoms with Gasteiger partial charge in [-0.3, -0.25) is 4.79 Å². The number of rotatable bonds is 8. The van der Waals surface area contributed by atoms with Crippen LogP contribution in [0.3, 0.4) is 0 Å². The van der Waals surface area contributed by atoms with E-state index in [0.717, 1.165) is 22.0 Å². The summed E-state index contributed by atoms with van der Waals surface area (Å²) in [5.41, 5.74) is 1.56. The molecule has 33 heavy (non-hydrogen) atoms. The number of anilines is 1. The van der Waals surface area contributed by atoms with E-state index in [1.807, 2.05) is 23.6 Å². The predicted octanol–water partition coefficient (Wildman–Crippen LogP) is 3.76. The third kappa shape index (κ3) is 5.49. The van der Waals surface area contributed by atoms with Crippen molar-refractivity contribution in [1.82, 2.24) is 9.29 Å². The highest BCUT2D eigenvalue weighted by Crippen LogP contribution is 2.35. The number of ether oxygens (including phenoxy) is 2. The summed E-state index contributed by atoms with van der Waals surface area (Å²) in [5, 5.41) is 5.04. The molecule has 0 aliphatic carbocycles. The van der Waals surface area contributed by atoms with Crippen LogP contribution < -0.4 is 14.8 Å². The SMILES string of the molecule is CN(CCCC(=O)Nc1nc(-c2ccc3c(c2)OCCO3)cs1)S(=O)(=O)c1ccc(F)cc1. The number of carbonyl (C=O) groups excluding carboxylic acids is 1. The topological polar surface area (TPSA) is 97.8 Å². The Bertz CT molecular complexity index is 1250. The van der Waals surface area contributed by atoms with E-state index >= 15 is 0 Å². The molecule has 0 atom stereocenters. The van der Waals surface area contributed by atoms with Gasteiger partial charge >= 0.3 is 0 Å². The Hall–Kier alpha value is -3.02. The maximum absolute atomic E-state index is 13.0. The van der Waals surface area contributed by atoms with Gasteiger partial charge in [0.25, 0.3) is 0 Å². The molecule has 0 unspecified atom stereocenters. The zero-order valence-corrected chi connectivity index (χ0v) is 19.4. The van der Waals surface area contributed by atoms with Gasteiger partial charge in [-0.25, -0.2) is 22.1 Å². The highest BCUT2D eigenvalue weighted by atomic mass is 32.2. The van der Waals surface area contributed by atoms with Crippen molar-refractivity contribution >= 4 is 32.4 Å². The lowest BCUT2D eigenvalue weighted by Crippen LogP contribution is -2.28. The molecule has 4 rings (SSSR count). The van der Waals surface area contributed by atoms with E-state index in [4.69, 9.17) is 9.47 Å². The number of hydrogen-bond acceptors (Lipinski definition) is 7. The largest absolute Gasteiger partial charge is 0.486 e. The number of sulfonamides is 1. The lowest BCUT2D eigenvalue weighted by Gasteiger charge is -2.18. The molecule has 1 aliphatic heterocycles. The molecular formula is C22H22FN3O5S2. The summed E-state index contributed by atoms with van der Waals surface area (Å²) in [6.45, 7) is 1.16. The van der Waals surface area contributed by atoms with Gasteiger partial charge in [0, 0.05) is 31.0 Å². The van der Waals surface area contributed by atoms with Crippen LogP contribution in [0.5, 0.6) is 11.5 Å². The van der Waals surface area contributed by atoms with E-state index < -0.39 is 15.8 Å². The van der Waals surface area contributed by atoms with E-state index in [2.05, 4.69) is 10.3 Å². The molecule has 1 N–H and O–H groups in total. The number of thiazole rings is 1. The fraction of sp³-hybridized carbons (Fsp3) is 0.273. The summed E-state index contributed by atoms with van der Waals surface area (Å²) in [7, 11) is -2.31. The molecule has 0 saturated heterocycles. The molecule has 8 nitrogen and oxygen atoms in total. The zero-order chi connectivity index (χ0) is 23.4. The first kappa shape index (κ1) is 23.1. The summed E-state index contributed by atoms with van der Waals surface area (Å²) in [4.78, 5) is 16.8. The third-order valence-electron chi connectivity index (χ3n) is 4.99. The lowest BCUT2D eigenvalue weighted by molar-refractivity contribution is -0.116. The minimum atomic E-state index is -3.74. The number of carbonyl (C=O) groups is 1. The van der Waals surface area contributed by atoms with Crippen LogP contribution in [0, 0.1) is 5.82 Å². The summed E-state index contributed by atoms with van der Waals surface area (Å²) in [6.07, 6.45) is 0.450. The van der Waals surface area contributed by atoms with Crippen molar-refractivity contribution in [2.24, 2.45) is 0 Å². The van der Waals surface area contributed by atoms with Crippen LogP contribution in [0.25, 0.3) is 11.3 Å². The Kier molecular flexibility index (Phi) is 6.91. The Labute approximate surface area is 195 Å². The van der Waals surface area contributed by atoms with Crippen molar-refractivity contribution in [2.45, 2.75) is 17.7 Å². The number of amides is 1. The summed E-state index contributed by atoms with van der Waals surface area (Å²) in [6, 6.07) is 10.2. The van der Waals surface area contributed by atoms with Gasteiger partial charge in [-0.15, -0.1) is 11.3 Å². The molecule has 1 aliphatic rings. The number of nitrogens with one attached hydrogen (secondary N) is 1. The van der Waals surface area contributed by atoms with Crippen molar-refractivity contribution in [3.05, 3.63) is 53.7 Å². The van der Waals surface area contributed by atoms with Crippen LogP contribution in [0.4, 0.5) is 9.52 Å². The fourth-order valence-electron chi connectivity index (χ4n) is 3.22. The Morgan fingerprint density at radius 1 is 1.15 bits per heavy atom. The Morgan fingerprint density at radius 2 is 1.88 bits per heavy atom. The van der Waals surface area contributed by atoms with Gasteiger partial charge in [-0.2, -0.15) is 0 Å². The molecular weight excluding hydrogens is 469 g/mol. The number of halogens is 1. The minimum Gasteiger partial charge on any atom is -0.486 e. The molecule has 1 aromatic heterocycles. The molecule has 3 aromatic rings. The number of benzene rings is 2. The van der Waals surface area contributed by atoms with Crippen molar-refractivity contribution in [3.63, 3.8) is 0 Å². The lowest BCUT2D eigenvalue weighted by atomic mass is 10.1. The highest BCUT2D eigenvalue weighted by Gasteiger charge is 2.21. The van der Waals surface area contributed by atoms with Crippen molar-refractivity contribution in [3.8, 4) is 22.8 Å². The number of aromatic nitrogens is 1. The summed E-state index contributed by atoms with van der Waals surface area (Å²) < 4.78 is 50.3. The molecule has 0 saturated carbocycles. The average molecular weight is 492 g/mol. The van der Waals surface area contributed by atoms with Crippen LogP contribution in [0.1, 0.15) is 12.8 Å². The van der Waals surface area contributed by atoms with Gasteiger partial charge in [0.05, 0.1) is 10.6 Å². The fourth-order valence-corrected chi connectivity index (χ4v) is 5.16. The predicted molar refractivity (Wildman–Crippen MR) is 123 cm³/mol. The molecule has 0 spiro atoms. The van der Waals surface area contributed by atoms with Gasteiger partial charge in [0.15, 0.2) is 16.6 Å². The number of hydrogen-bond donors (Lipinski definition) is 1. The molecule has 1 amide bonds. The maximum Gasteiger partial charge on any atom is 0.242 e. The van der Waals surface area contributed by atoms with Gasteiger partial charge in [-0.1, -0.05) is 0 Å². The zero-order valence-electron chi connectivity index (χ0n) is 17.8. The summed E-state index contributed by atoms with van der Waals surface area (Å²) >= 11 is 1.30. The van der Waals surface area contributed by atoms with Crippen LogP contribution in [0.2, 0.25) is 0 Å². The third-order valence-corrected chi connectivity index (χ3v) is 7.62. The van der Waals surface area contributed by atoms with E-state index in [9.17, 15) is 17.6 Å². The molecule has 11 heteroatoms. The van der Waals surface area contributed by atoms with Crippen LogP contribution in [-0.2, 0) is 14.8 Å². The van der Waals surface area contributed by atoms with Crippen molar-refractivity contribution < 1.29 is 27.1 Å². The number of nitrogens with zero attached hydrogens (tertiary/aromatic N) is 2. The highest BCUT2D eigenvalue weighted by molar-refractivity contribution is 7.89. The van der Waals surface area contributed by atoms with Crippen LogP contribution >= 0.6 is 11.3 Å². The van der Waals surface area contributed by atoms with Gasteiger partial charge in [-0.05, 0) is 48.9 Å². The summed E-state index contributed by atoms with van der Waals surface area (Å²) in [5.74, 6) is 0.593. The molecule has 0 radical (unpaired) electrons. The standard InChI is InChI=1S/C22H22FN3O5S2/c1-26(33(28,29)17-7-5-16(23)6-8-17)10-2-3-21(27)25-22-24-18(14-32-22)15-4-9-19-20(13-15)31-12-11-30-19/h4-9,13-14H,2-3,10-12H2,1H3,(H,24,25,27).